The molecule has 25 heavy (non-hydrogen) atoms. The van der Waals surface area contributed by atoms with E-state index in [1.165, 1.54) is 6.07 Å². The van der Waals surface area contributed by atoms with E-state index in [0.29, 0.717) is 29.2 Å². The molecule has 0 amide bonds. The van der Waals surface area contributed by atoms with E-state index in [1.54, 1.807) is 36.4 Å². The Hall–Kier alpha value is -2.89. The number of carbonyl (C=O) groups is 1. The Morgan fingerprint density at radius 2 is 1.76 bits per heavy atom. The molecule has 0 unspecified atom stereocenters. The molecule has 0 saturated carbocycles. The van der Waals surface area contributed by atoms with Crippen LogP contribution in [0.4, 0.5) is 11.4 Å². The fourth-order valence-electron chi connectivity index (χ4n) is 3.07. The SMILES string of the molecule is CCOc1ccc(C(=O)c2ccc(N3CCCC3)c([N+](=O)[O-])c2)cc1. The number of nitro groups is 1. The molecule has 3 rings (SSSR count). The van der Waals surface area contributed by atoms with Crippen molar-refractivity contribution < 1.29 is 14.5 Å². The molecule has 2 aromatic rings. The molecule has 1 aliphatic rings. The maximum atomic E-state index is 12.6. The van der Waals surface area contributed by atoms with Gasteiger partial charge in [-0.1, -0.05) is 0 Å². The largest absolute Gasteiger partial charge is 0.494 e. The number of rotatable bonds is 6. The molecule has 2 aromatic carbocycles. The van der Waals surface area contributed by atoms with E-state index in [0.717, 1.165) is 25.9 Å². The number of ether oxygens (including phenoxy) is 1. The van der Waals surface area contributed by atoms with Gasteiger partial charge in [-0.3, -0.25) is 14.9 Å². The zero-order valence-corrected chi connectivity index (χ0v) is 14.1. The van der Waals surface area contributed by atoms with Gasteiger partial charge in [0.2, 0.25) is 0 Å². The monoisotopic (exact) mass is 340 g/mol. The second-order valence-electron chi connectivity index (χ2n) is 5.94. The first-order chi connectivity index (χ1) is 12.1. The lowest BCUT2D eigenvalue weighted by molar-refractivity contribution is -0.384. The molecule has 6 heteroatoms. The van der Waals surface area contributed by atoms with E-state index >= 15 is 0 Å². The topological polar surface area (TPSA) is 72.7 Å². The van der Waals surface area contributed by atoms with Crippen molar-refractivity contribution in [2.45, 2.75) is 19.8 Å². The number of ketones is 1. The Morgan fingerprint density at radius 1 is 1.12 bits per heavy atom. The van der Waals surface area contributed by atoms with Gasteiger partial charge in [-0.15, -0.1) is 0 Å². The number of carbonyl (C=O) groups excluding carboxylic acids is 1. The average Bonchev–Trinajstić information content (AvgIpc) is 3.16. The molecule has 1 saturated heterocycles. The normalized spacial score (nSPS) is 13.7. The van der Waals surface area contributed by atoms with E-state index in [1.807, 2.05) is 11.8 Å². The molecule has 1 fully saturated rings. The minimum Gasteiger partial charge on any atom is -0.494 e. The summed E-state index contributed by atoms with van der Waals surface area (Å²) in [7, 11) is 0. The maximum absolute atomic E-state index is 12.6. The predicted molar refractivity (Wildman–Crippen MR) is 95.6 cm³/mol. The summed E-state index contributed by atoms with van der Waals surface area (Å²) in [6.07, 6.45) is 2.06. The van der Waals surface area contributed by atoms with Crippen LogP contribution in [0.25, 0.3) is 0 Å². The molecule has 1 aliphatic heterocycles. The van der Waals surface area contributed by atoms with E-state index in [4.69, 9.17) is 4.74 Å². The number of nitro benzene ring substituents is 1. The van der Waals surface area contributed by atoms with Crippen LogP contribution in [-0.2, 0) is 0 Å². The summed E-state index contributed by atoms with van der Waals surface area (Å²) in [5.74, 6) is 0.452. The summed E-state index contributed by atoms with van der Waals surface area (Å²) in [4.78, 5) is 25.7. The van der Waals surface area contributed by atoms with Crippen molar-refractivity contribution in [3.63, 3.8) is 0 Å². The van der Waals surface area contributed by atoms with E-state index in [-0.39, 0.29) is 11.5 Å². The van der Waals surface area contributed by atoms with Crippen molar-refractivity contribution in [1.82, 2.24) is 0 Å². The Balaban J connectivity index is 1.89. The molecule has 0 radical (unpaired) electrons. The zero-order chi connectivity index (χ0) is 17.8. The van der Waals surface area contributed by atoms with E-state index in [9.17, 15) is 14.9 Å². The Morgan fingerprint density at radius 3 is 2.36 bits per heavy atom. The second-order valence-corrected chi connectivity index (χ2v) is 5.94. The first-order valence-electron chi connectivity index (χ1n) is 8.41. The summed E-state index contributed by atoms with van der Waals surface area (Å²) in [6.45, 7) is 4.07. The Labute approximate surface area is 146 Å². The third-order valence-electron chi connectivity index (χ3n) is 4.31. The first-order valence-corrected chi connectivity index (χ1v) is 8.41. The highest BCUT2D eigenvalue weighted by Crippen LogP contribution is 2.32. The molecule has 0 spiro atoms. The summed E-state index contributed by atoms with van der Waals surface area (Å²) in [5.41, 5.74) is 1.37. The smallest absolute Gasteiger partial charge is 0.293 e. The van der Waals surface area contributed by atoms with Gasteiger partial charge >= 0.3 is 0 Å². The first kappa shape index (κ1) is 17.0. The average molecular weight is 340 g/mol. The molecule has 0 N–H and O–H groups in total. The Kier molecular flexibility index (Phi) is 4.97. The zero-order valence-electron chi connectivity index (χ0n) is 14.1. The Bertz CT molecular complexity index is 781. The summed E-state index contributed by atoms with van der Waals surface area (Å²) in [5, 5.41) is 11.5. The van der Waals surface area contributed by atoms with Crippen LogP contribution in [0.15, 0.2) is 42.5 Å². The van der Waals surface area contributed by atoms with Crippen LogP contribution in [-0.4, -0.2) is 30.4 Å². The van der Waals surface area contributed by atoms with Crippen molar-refractivity contribution in [2.75, 3.05) is 24.6 Å². The molecule has 0 aromatic heterocycles. The quantitative estimate of drug-likeness (QED) is 0.454. The lowest BCUT2D eigenvalue weighted by Gasteiger charge is -2.17. The van der Waals surface area contributed by atoms with Crippen LogP contribution >= 0.6 is 0 Å². The number of nitrogens with zero attached hydrogens (tertiary/aromatic N) is 2. The van der Waals surface area contributed by atoms with Gasteiger partial charge < -0.3 is 9.64 Å². The van der Waals surface area contributed by atoms with Crippen molar-refractivity contribution in [1.29, 1.82) is 0 Å². The lowest BCUT2D eigenvalue weighted by atomic mass is 10.0. The standard InChI is InChI=1S/C19H20N2O4/c1-2-25-16-8-5-14(6-9-16)19(22)15-7-10-17(18(13-15)21(23)24)20-11-3-4-12-20/h5-10,13H,2-4,11-12H2,1H3. The maximum Gasteiger partial charge on any atom is 0.293 e. The van der Waals surface area contributed by atoms with Crippen LogP contribution in [0, 0.1) is 10.1 Å². The summed E-state index contributed by atoms with van der Waals surface area (Å²) >= 11 is 0. The molecule has 6 nitrogen and oxygen atoms in total. The van der Waals surface area contributed by atoms with Crippen molar-refractivity contribution >= 4 is 17.2 Å². The number of hydrogen-bond acceptors (Lipinski definition) is 5. The van der Waals surface area contributed by atoms with Gasteiger partial charge in [-0.25, -0.2) is 0 Å². The summed E-state index contributed by atoms with van der Waals surface area (Å²) in [6, 6.07) is 11.5. The van der Waals surface area contributed by atoms with Gasteiger partial charge in [-0.05, 0) is 56.2 Å². The van der Waals surface area contributed by atoms with Gasteiger partial charge in [0, 0.05) is 30.3 Å². The fourth-order valence-corrected chi connectivity index (χ4v) is 3.07. The van der Waals surface area contributed by atoms with Gasteiger partial charge in [-0.2, -0.15) is 0 Å². The van der Waals surface area contributed by atoms with Crippen LogP contribution in [0.1, 0.15) is 35.7 Å². The second kappa shape index (κ2) is 7.34. The van der Waals surface area contributed by atoms with Crippen LogP contribution in [0.5, 0.6) is 5.75 Å². The molecule has 1 heterocycles. The minimum absolute atomic E-state index is 0.0151. The minimum atomic E-state index is -0.414. The van der Waals surface area contributed by atoms with E-state index < -0.39 is 4.92 Å². The van der Waals surface area contributed by atoms with E-state index in [2.05, 4.69) is 0 Å². The number of hydrogen-bond donors (Lipinski definition) is 0. The number of benzene rings is 2. The van der Waals surface area contributed by atoms with Crippen LogP contribution in [0.3, 0.4) is 0 Å². The molecule has 130 valence electrons. The highest BCUT2D eigenvalue weighted by Gasteiger charge is 2.24. The molecule has 0 atom stereocenters. The highest BCUT2D eigenvalue weighted by molar-refractivity contribution is 6.09. The molecular formula is C19H20N2O4. The molecule has 0 aliphatic carbocycles. The fraction of sp³-hybridized carbons (Fsp3) is 0.316. The van der Waals surface area contributed by atoms with Crippen molar-refractivity contribution in [2.24, 2.45) is 0 Å². The third-order valence-corrected chi connectivity index (χ3v) is 4.31. The summed E-state index contributed by atoms with van der Waals surface area (Å²) < 4.78 is 5.36. The lowest BCUT2D eigenvalue weighted by Crippen LogP contribution is -2.19. The van der Waals surface area contributed by atoms with Crippen molar-refractivity contribution in [3.05, 3.63) is 63.7 Å². The third kappa shape index (κ3) is 3.63. The van der Waals surface area contributed by atoms with Crippen molar-refractivity contribution in [3.8, 4) is 5.75 Å². The highest BCUT2D eigenvalue weighted by atomic mass is 16.6. The van der Waals surface area contributed by atoms with Gasteiger partial charge in [0.1, 0.15) is 11.4 Å². The van der Waals surface area contributed by atoms with Crippen LogP contribution in [0.2, 0.25) is 0 Å². The molecular weight excluding hydrogens is 320 g/mol. The van der Waals surface area contributed by atoms with Crippen LogP contribution < -0.4 is 9.64 Å². The van der Waals surface area contributed by atoms with Gasteiger partial charge in [0.05, 0.1) is 11.5 Å². The predicted octanol–water partition coefficient (Wildman–Crippen LogP) is 3.82. The number of anilines is 1. The van der Waals surface area contributed by atoms with Gasteiger partial charge in [0.25, 0.3) is 5.69 Å². The molecule has 0 bridgehead atoms. The van der Waals surface area contributed by atoms with Gasteiger partial charge in [0.15, 0.2) is 5.78 Å².